The van der Waals surface area contributed by atoms with Gasteiger partial charge < -0.3 is 5.32 Å². The van der Waals surface area contributed by atoms with E-state index in [1.54, 1.807) is 0 Å². The summed E-state index contributed by atoms with van der Waals surface area (Å²) in [4.78, 5) is 0. The summed E-state index contributed by atoms with van der Waals surface area (Å²) in [5, 5.41) is 4.29. The zero-order valence-electron chi connectivity index (χ0n) is 8.34. The number of hydrogen-bond acceptors (Lipinski definition) is 1. The van der Waals surface area contributed by atoms with Crippen molar-refractivity contribution in [1.29, 1.82) is 0 Å². The third kappa shape index (κ3) is 2.83. The first-order valence-corrected chi connectivity index (χ1v) is 6.28. The van der Waals surface area contributed by atoms with Crippen LogP contribution in [0.1, 0.15) is 24.4 Å². The average Bonchev–Trinajstić information content (AvgIpc) is 2.50. The van der Waals surface area contributed by atoms with Gasteiger partial charge in [-0.3, -0.25) is 0 Å². The maximum Gasteiger partial charge on any atom is 0.0410 e. The van der Waals surface area contributed by atoms with Crippen molar-refractivity contribution in [2.75, 3.05) is 6.54 Å². The smallest absolute Gasteiger partial charge is 0.0410 e. The normalized spacial score (nSPS) is 21.3. The maximum atomic E-state index is 6.01. The molecule has 1 aromatic carbocycles. The van der Waals surface area contributed by atoms with Crippen LogP contribution in [0.4, 0.5) is 0 Å². The lowest BCUT2D eigenvalue weighted by Crippen LogP contribution is -2.20. The fourth-order valence-corrected chi connectivity index (χ4v) is 2.53. The Morgan fingerprint density at radius 2 is 2.20 bits per heavy atom. The lowest BCUT2D eigenvalue weighted by Gasteiger charge is -2.18. The van der Waals surface area contributed by atoms with Gasteiger partial charge in [0.2, 0.25) is 0 Å². The SMILES string of the molecule is Clc1ccc(Br)c([C@H]2CCC=CCN2)c1. The van der Waals surface area contributed by atoms with E-state index in [-0.39, 0.29) is 0 Å². The van der Waals surface area contributed by atoms with Crippen molar-refractivity contribution in [3.63, 3.8) is 0 Å². The van der Waals surface area contributed by atoms with E-state index >= 15 is 0 Å². The van der Waals surface area contributed by atoms with Crippen LogP contribution >= 0.6 is 27.5 Å². The minimum atomic E-state index is 0.396. The van der Waals surface area contributed by atoms with Crippen molar-refractivity contribution in [1.82, 2.24) is 5.32 Å². The van der Waals surface area contributed by atoms with Crippen LogP contribution in [0, 0.1) is 0 Å². The molecular formula is C12H13BrClN. The van der Waals surface area contributed by atoms with E-state index in [9.17, 15) is 0 Å². The Balaban J connectivity index is 2.24. The van der Waals surface area contributed by atoms with Gasteiger partial charge in [0.05, 0.1) is 0 Å². The summed E-state index contributed by atoms with van der Waals surface area (Å²) in [6.07, 6.45) is 6.65. The molecule has 1 aliphatic heterocycles. The quantitative estimate of drug-likeness (QED) is 0.767. The van der Waals surface area contributed by atoms with Crippen molar-refractivity contribution < 1.29 is 0 Å². The summed E-state index contributed by atoms with van der Waals surface area (Å²) in [6.45, 7) is 0.934. The van der Waals surface area contributed by atoms with Crippen LogP contribution in [-0.4, -0.2) is 6.54 Å². The van der Waals surface area contributed by atoms with Gasteiger partial charge in [0.1, 0.15) is 0 Å². The van der Waals surface area contributed by atoms with E-state index in [2.05, 4.69) is 33.4 Å². The zero-order chi connectivity index (χ0) is 10.7. The molecule has 0 saturated carbocycles. The van der Waals surface area contributed by atoms with Crippen molar-refractivity contribution in [2.24, 2.45) is 0 Å². The topological polar surface area (TPSA) is 12.0 Å². The molecule has 1 N–H and O–H groups in total. The molecule has 3 heteroatoms. The van der Waals surface area contributed by atoms with Crippen molar-refractivity contribution >= 4 is 27.5 Å². The van der Waals surface area contributed by atoms with Crippen molar-refractivity contribution in [3.8, 4) is 0 Å². The number of benzene rings is 1. The Kier molecular flexibility index (Phi) is 3.84. The van der Waals surface area contributed by atoms with Gasteiger partial charge in [-0.05, 0) is 36.6 Å². The molecule has 0 bridgehead atoms. The molecule has 80 valence electrons. The molecule has 0 fully saturated rings. The molecule has 0 unspecified atom stereocenters. The first-order chi connectivity index (χ1) is 7.27. The molecular weight excluding hydrogens is 273 g/mol. The van der Waals surface area contributed by atoms with Crippen LogP contribution in [0.2, 0.25) is 5.02 Å². The highest BCUT2D eigenvalue weighted by molar-refractivity contribution is 9.10. The van der Waals surface area contributed by atoms with Gasteiger partial charge in [0.15, 0.2) is 0 Å². The van der Waals surface area contributed by atoms with E-state index in [4.69, 9.17) is 11.6 Å². The Morgan fingerprint density at radius 3 is 3.07 bits per heavy atom. The predicted molar refractivity (Wildman–Crippen MR) is 68.3 cm³/mol. The number of allylic oxidation sites excluding steroid dienone is 1. The van der Waals surface area contributed by atoms with E-state index in [1.807, 2.05) is 18.2 Å². The third-order valence-corrected chi connectivity index (χ3v) is 3.56. The highest BCUT2D eigenvalue weighted by atomic mass is 79.9. The molecule has 0 radical (unpaired) electrons. The van der Waals surface area contributed by atoms with E-state index < -0.39 is 0 Å². The zero-order valence-corrected chi connectivity index (χ0v) is 10.7. The summed E-state index contributed by atoms with van der Waals surface area (Å²) < 4.78 is 1.13. The summed E-state index contributed by atoms with van der Waals surface area (Å²) in [5.74, 6) is 0. The highest BCUT2D eigenvalue weighted by Gasteiger charge is 2.14. The second-order valence-electron chi connectivity index (χ2n) is 3.68. The number of nitrogens with one attached hydrogen (secondary N) is 1. The van der Waals surface area contributed by atoms with E-state index in [0.29, 0.717) is 6.04 Å². The second-order valence-corrected chi connectivity index (χ2v) is 4.97. The molecule has 0 spiro atoms. The molecule has 1 atom stereocenters. The van der Waals surface area contributed by atoms with Crippen LogP contribution in [0.3, 0.4) is 0 Å². The molecule has 2 rings (SSSR count). The summed E-state index contributed by atoms with van der Waals surface area (Å²) >= 11 is 9.59. The van der Waals surface area contributed by atoms with Gasteiger partial charge in [0, 0.05) is 22.1 Å². The fourth-order valence-electron chi connectivity index (χ4n) is 1.82. The third-order valence-electron chi connectivity index (χ3n) is 2.60. The highest BCUT2D eigenvalue weighted by Crippen LogP contribution is 2.29. The molecule has 0 saturated heterocycles. The number of hydrogen-bond donors (Lipinski definition) is 1. The van der Waals surface area contributed by atoms with Gasteiger partial charge in [0.25, 0.3) is 0 Å². The van der Waals surface area contributed by atoms with Crippen LogP contribution in [0.15, 0.2) is 34.8 Å². The molecule has 1 nitrogen and oxygen atoms in total. The minimum absolute atomic E-state index is 0.396. The van der Waals surface area contributed by atoms with Crippen LogP contribution in [-0.2, 0) is 0 Å². The molecule has 15 heavy (non-hydrogen) atoms. The Hall–Kier alpha value is -0.310. The summed E-state index contributed by atoms with van der Waals surface area (Å²) in [5.41, 5.74) is 1.26. The van der Waals surface area contributed by atoms with Gasteiger partial charge in [-0.15, -0.1) is 0 Å². The Labute approximate surface area is 104 Å². The molecule has 0 amide bonds. The van der Waals surface area contributed by atoms with Gasteiger partial charge in [-0.25, -0.2) is 0 Å². The van der Waals surface area contributed by atoms with E-state index in [1.165, 1.54) is 5.56 Å². The number of rotatable bonds is 1. The Bertz CT molecular complexity index is 366. The predicted octanol–water partition coefficient (Wildman–Crippen LogP) is 4.08. The van der Waals surface area contributed by atoms with Crippen LogP contribution < -0.4 is 5.32 Å². The van der Waals surface area contributed by atoms with Crippen LogP contribution in [0.25, 0.3) is 0 Å². The fraction of sp³-hybridized carbons (Fsp3) is 0.333. The van der Waals surface area contributed by atoms with Crippen LogP contribution in [0.5, 0.6) is 0 Å². The van der Waals surface area contributed by atoms with E-state index in [0.717, 1.165) is 28.9 Å². The minimum Gasteiger partial charge on any atom is -0.306 e. The number of halogens is 2. The maximum absolute atomic E-state index is 6.01. The summed E-state index contributed by atoms with van der Waals surface area (Å²) in [6, 6.07) is 6.35. The molecule has 0 aliphatic carbocycles. The van der Waals surface area contributed by atoms with Gasteiger partial charge >= 0.3 is 0 Å². The first kappa shape index (κ1) is 11.2. The van der Waals surface area contributed by atoms with Crippen molar-refractivity contribution in [3.05, 3.63) is 45.4 Å². The largest absolute Gasteiger partial charge is 0.306 e. The lowest BCUT2D eigenvalue weighted by molar-refractivity contribution is 0.542. The van der Waals surface area contributed by atoms with Crippen molar-refractivity contribution in [2.45, 2.75) is 18.9 Å². The average molecular weight is 287 g/mol. The standard InChI is InChI=1S/C12H13BrClN/c13-11-6-5-9(14)8-10(11)12-4-2-1-3-7-15-12/h1,3,5-6,8,12,15H,2,4,7H2/t12-/m1/s1. The van der Waals surface area contributed by atoms with Gasteiger partial charge in [-0.1, -0.05) is 39.7 Å². The Morgan fingerprint density at radius 1 is 1.33 bits per heavy atom. The molecule has 1 aromatic rings. The molecule has 1 heterocycles. The molecule has 0 aromatic heterocycles. The first-order valence-electron chi connectivity index (χ1n) is 5.10. The lowest BCUT2D eigenvalue weighted by atomic mass is 10.0. The molecule has 1 aliphatic rings. The van der Waals surface area contributed by atoms with Gasteiger partial charge in [-0.2, -0.15) is 0 Å². The monoisotopic (exact) mass is 285 g/mol. The summed E-state index contributed by atoms with van der Waals surface area (Å²) in [7, 11) is 0. The second kappa shape index (κ2) is 5.15.